The summed E-state index contributed by atoms with van der Waals surface area (Å²) in [6.45, 7) is 1.88. The molecule has 0 aliphatic heterocycles. The van der Waals surface area contributed by atoms with Crippen molar-refractivity contribution in [3.05, 3.63) is 29.3 Å². The van der Waals surface area contributed by atoms with Crippen LogP contribution >= 0.6 is 11.8 Å². The Hall–Kier alpha value is -1.18. The van der Waals surface area contributed by atoms with E-state index in [1.165, 1.54) is 32.1 Å². The van der Waals surface area contributed by atoms with Crippen molar-refractivity contribution < 1.29 is 4.74 Å². The molecule has 1 saturated carbocycles. The molecule has 0 heterocycles. The van der Waals surface area contributed by atoms with Crippen molar-refractivity contribution in [1.29, 1.82) is 5.26 Å². The second-order valence-electron chi connectivity index (χ2n) is 5.70. The fourth-order valence-corrected chi connectivity index (χ4v) is 3.97. The zero-order chi connectivity index (χ0) is 15.1. The third kappa shape index (κ3) is 4.15. The van der Waals surface area contributed by atoms with Gasteiger partial charge in [0.15, 0.2) is 0 Å². The fraction of sp³-hybridized carbons (Fsp3) is 0.588. The number of hydrogen-bond donors (Lipinski definition) is 1. The summed E-state index contributed by atoms with van der Waals surface area (Å²) in [6.07, 6.45) is 8.96. The Kier molecular flexibility index (Phi) is 5.96. The summed E-state index contributed by atoms with van der Waals surface area (Å²) in [5.74, 6) is 0.661. The van der Waals surface area contributed by atoms with Crippen LogP contribution in [0.1, 0.15) is 43.2 Å². The van der Waals surface area contributed by atoms with Crippen LogP contribution in [0.15, 0.2) is 18.2 Å². The molecule has 0 aromatic heterocycles. The van der Waals surface area contributed by atoms with E-state index in [1.807, 2.05) is 30.0 Å². The maximum atomic E-state index is 9.00. The van der Waals surface area contributed by atoms with Gasteiger partial charge in [0, 0.05) is 17.8 Å². The molecule has 1 fully saturated rings. The maximum absolute atomic E-state index is 9.00. The lowest BCUT2D eigenvalue weighted by Gasteiger charge is -2.36. The second kappa shape index (κ2) is 7.72. The van der Waals surface area contributed by atoms with Gasteiger partial charge in [-0.2, -0.15) is 17.0 Å². The number of rotatable bonds is 6. The van der Waals surface area contributed by atoms with Crippen LogP contribution in [0.3, 0.4) is 0 Å². The highest BCUT2D eigenvalue weighted by Gasteiger charge is 2.30. The van der Waals surface area contributed by atoms with E-state index in [0.717, 1.165) is 18.7 Å². The minimum atomic E-state index is 0.412. The summed E-state index contributed by atoms with van der Waals surface area (Å²) in [7, 11) is 1.61. The summed E-state index contributed by atoms with van der Waals surface area (Å²) < 4.78 is 5.67. The molecule has 0 spiro atoms. The minimum Gasteiger partial charge on any atom is -0.495 e. The number of methoxy groups -OCH3 is 1. The molecule has 0 atom stereocenters. The van der Waals surface area contributed by atoms with Gasteiger partial charge in [-0.15, -0.1) is 0 Å². The molecule has 0 amide bonds. The number of nitriles is 1. The van der Waals surface area contributed by atoms with E-state index in [-0.39, 0.29) is 0 Å². The van der Waals surface area contributed by atoms with Crippen LogP contribution < -0.4 is 10.1 Å². The van der Waals surface area contributed by atoms with Crippen LogP contribution in [0.5, 0.6) is 5.75 Å². The van der Waals surface area contributed by atoms with Gasteiger partial charge in [-0.1, -0.05) is 25.3 Å². The van der Waals surface area contributed by atoms with Crippen LogP contribution in [0.2, 0.25) is 0 Å². The van der Waals surface area contributed by atoms with Gasteiger partial charge >= 0.3 is 0 Å². The molecule has 1 aliphatic rings. The van der Waals surface area contributed by atoms with Crippen molar-refractivity contribution >= 4 is 11.8 Å². The zero-order valence-corrected chi connectivity index (χ0v) is 13.8. The standard InChI is InChI=1S/C17H24N2OS/c1-20-16-10-14(6-7-15(16)11-18)12-19-13-17(21-2)8-4-3-5-9-17/h6-7,10,19H,3-5,8-9,12-13H2,1-2H3. The van der Waals surface area contributed by atoms with Gasteiger partial charge in [0.25, 0.3) is 0 Å². The number of thioether (sulfide) groups is 1. The lowest BCUT2D eigenvalue weighted by atomic mass is 9.88. The second-order valence-corrected chi connectivity index (χ2v) is 6.97. The van der Waals surface area contributed by atoms with Crippen molar-refractivity contribution in [3.63, 3.8) is 0 Å². The highest BCUT2D eigenvalue weighted by molar-refractivity contribution is 8.00. The molecule has 4 heteroatoms. The normalized spacial score (nSPS) is 17.2. The van der Waals surface area contributed by atoms with E-state index in [0.29, 0.717) is 16.1 Å². The lowest BCUT2D eigenvalue weighted by molar-refractivity contribution is 0.379. The van der Waals surface area contributed by atoms with Gasteiger partial charge in [-0.05, 0) is 36.8 Å². The Morgan fingerprint density at radius 3 is 2.71 bits per heavy atom. The summed E-state index contributed by atoms with van der Waals surface area (Å²) >= 11 is 2.01. The third-order valence-electron chi connectivity index (χ3n) is 4.36. The van der Waals surface area contributed by atoms with Crippen molar-refractivity contribution in [1.82, 2.24) is 5.32 Å². The number of ether oxygens (including phenoxy) is 1. The predicted octanol–water partition coefficient (Wildman–Crippen LogP) is 3.72. The molecular weight excluding hydrogens is 280 g/mol. The molecule has 2 rings (SSSR count). The SMILES string of the molecule is COc1cc(CNCC2(SC)CCCCC2)ccc1C#N. The van der Waals surface area contributed by atoms with Crippen molar-refractivity contribution in [2.75, 3.05) is 19.9 Å². The number of nitrogens with zero attached hydrogens (tertiary/aromatic N) is 1. The summed E-state index contributed by atoms with van der Waals surface area (Å²) in [6, 6.07) is 7.94. The van der Waals surface area contributed by atoms with Crippen LogP contribution in [0.25, 0.3) is 0 Å². The van der Waals surface area contributed by atoms with E-state index in [4.69, 9.17) is 10.00 Å². The molecule has 1 aliphatic carbocycles. The van der Waals surface area contributed by atoms with Gasteiger partial charge in [-0.3, -0.25) is 0 Å². The Labute approximate surface area is 132 Å². The summed E-state index contributed by atoms with van der Waals surface area (Å²) in [5.41, 5.74) is 1.76. The van der Waals surface area contributed by atoms with Crippen molar-refractivity contribution in [3.8, 4) is 11.8 Å². The molecule has 21 heavy (non-hydrogen) atoms. The molecule has 114 valence electrons. The van der Waals surface area contributed by atoms with E-state index < -0.39 is 0 Å². The Bertz CT molecular complexity index is 504. The molecule has 1 aromatic carbocycles. The Morgan fingerprint density at radius 2 is 2.10 bits per heavy atom. The van der Waals surface area contributed by atoms with Crippen molar-refractivity contribution in [2.45, 2.75) is 43.4 Å². The third-order valence-corrected chi connectivity index (χ3v) is 5.78. The molecule has 0 bridgehead atoms. The highest BCUT2D eigenvalue weighted by atomic mass is 32.2. The number of nitrogens with one attached hydrogen (secondary N) is 1. The van der Waals surface area contributed by atoms with Crippen LogP contribution in [-0.2, 0) is 6.54 Å². The van der Waals surface area contributed by atoms with Gasteiger partial charge in [0.05, 0.1) is 12.7 Å². The Morgan fingerprint density at radius 1 is 1.33 bits per heavy atom. The highest BCUT2D eigenvalue weighted by Crippen LogP contribution is 2.38. The molecule has 3 nitrogen and oxygen atoms in total. The molecule has 1 N–H and O–H groups in total. The molecule has 0 saturated heterocycles. The molecule has 0 radical (unpaired) electrons. The minimum absolute atomic E-state index is 0.412. The van der Waals surface area contributed by atoms with Gasteiger partial charge in [0.2, 0.25) is 0 Å². The van der Waals surface area contributed by atoms with E-state index in [1.54, 1.807) is 7.11 Å². The molecule has 1 aromatic rings. The average Bonchev–Trinajstić information content (AvgIpc) is 2.55. The molecule has 0 unspecified atom stereocenters. The first-order valence-electron chi connectivity index (χ1n) is 7.56. The fourth-order valence-electron chi connectivity index (χ4n) is 3.02. The van der Waals surface area contributed by atoms with Crippen LogP contribution in [0, 0.1) is 11.3 Å². The zero-order valence-electron chi connectivity index (χ0n) is 12.9. The average molecular weight is 304 g/mol. The lowest BCUT2D eigenvalue weighted by Crippen LogP contribution is -2.39. The number of benzene rings is 1. The quantitative estimate of drug-likeness (QED) is 0.870. The van der Waals surface area contributed by atoms with Crippen molar-refractivity contribution in [2.24, 2.45) is 0 Å². The Balaban J connectivity index is 1.92. The first-order valence-corrected chi connectivity index (χ1v) is 8.78. The largest absolute Gasteiger partial charge is 0.495 e. The van der Waals surface area contributed by atoms with Gasteiger partial charge in [0.1, 0.15) is 11.8 Å². The summed E-state index contributed by atoms with van der Waals surface area (Å²) in [4.78, 5) is 0. The first kappa shape index (κ1) is 16.2. The van der Waals surface area contributed by atoms with Crippen LogP contribution in [0.4, 0.5) is 0 Å². The van der Waals surface area contributed by atoms with E-state index >= 15 is 0 Å². The van der Waals surface area contributed by atoms with Crippen LogP contribution in [-0.4, -0.2) is 24.7 Å². The van der Waals surface area contributed by atoms with Gasteiger partial charge in [-0.25, -0.2) is 0 Å². The summed E-state index contributed by atoms with van der Waals surface area (Å²) in [5, 5.41) is 12.6. The van der Waals surface area contributed by atoms with Gasteiger partial charge < -0.3 is 10.1 Å². The first-order chi connectivity index (χ1) is 10.2. The smallest absolute Gasteiger partial charge is 0.136 e. The monoisotopic (exact) mass is 304 g/mol. The van der Waals surface area contributed by atoms with E-state index in [2.05, 4.69) is 17.6 Å². The molecular formula is C17H24N2OS. The number of hydrogen-bond acceptors (Lipinski definition) is 4. The maximum Gasteiger partial charge on any atom is 0.136 e. The topological polar surface area (TPSA) is 45.0 Å². The van der Waals surface area contributed by atoms with E-state index in [9.17, 15) is 0 Å². The predicted molar refractivity (Wildman–Crippen MR) is 88.7 cm³/mol.